The molecule has 3 rings (SSSR count). The molecule has 0 aliphatic heterocycles. The number of amides is 1. The van der Waals surface area contributed by atoms with Crippen molar-refractivity contribution in [2.45, 2.75) is 38.3 Å². The first kappa shape index (κ1) is 16.2. The number of benzene rings is 1. The van der Waals surface area contributed by atoms with E-state index in [1.165, 1.54) is 18.0 Å². The van der Waals surface area contributed by atoms with Gasteiger partial charge in [-0.3, -0.25) is 9.78 Å². The molecule has 0 unspecified atom stereocenters. The number of aryl methyl sites for hydroxylation is 1. The molecule has 0 bridgehead atoms. The summed E-state index contributed by atoms with van der Waals surface area (Å²) in [5, 5.41) is 3.00. The van der Waals surface area contributed by atoms with E-state index in [9.17, 15) is 9.59 Å². The Morgan fingerprint density at radius 1 is 1.21 bits per heavy atom. The lowest BCUT2D eigenvalue weighted by atomic mass is 9.87. The average molecular weight is 324 g/mol. The van der Waals surface area contributed by atoms with E-state index in [0.29, 0.717) is 5.56 Å². The number of fused-ring (bicyclic) bond motifs is 1. The zero-order valence-corrected chi connectivity index (χ0v) is 13.6. The van der Waals surface area contributed by atoms with Gasteiger partial charge in [0, 0.05) is 12.4 Å². The van der Waals surface area contributed by atoms with Crippen LogP contribution in [0.15, 0.2) is 48.8 Å². The first-order valence-electron chi connectivity index (χ1n) is 8.14. The molecule has 1 heterocycles. The molecular weight excluding hydrogens is 304 g/mol. The summed E-state index contributed by atoms with van der Waals surface area (Å²) in [6, 6.07) is 11.2. The topological polar surface area (TPSA) is 68.3 Å². The molecule has 0 saturated heterocycles. The van der Waals surface area contributed by atoms with Gasteiger partial charge in [0.25, 0.3) is 5.91 Å². The molecule has 0 radical (unpaired) electrons. The van der Waals surface area contributed by atoms with E-state index in [1.54, 1.807) is 19.1 Å². The maximum atomic E-state index is 12.4. The van der Waals surface area contributed by atoms with Crippen molar-refractivity contribution < 1.29 is 14.3 Å². The molecule has 24 heavy (non-hydrogen) atoms. The minimum absolute atomic E-state index is 0.0236. The van der Waals surface area contributed by atoms with Crippen molar-refractivity contribution in [3.8, 4) is 0 Å². The van der Waals surface area contributed by atoms with Crippen LogP contribution in [0.3, 0.4) is 0 Å². The molecule has 5 nitrogen and oxygen atoms in total. The largest absolute Gasteiger partial charge is 0.449 e. The Kier molecular flexibility index (Phi) is 4.89. The van der Waals surface area contributed by atoms with E-state index in [0.717, 1.165) is 24.8 Å². The zero-order chi connectivity index (χ0) is 16.9. The van der Waals surface area contributed by atoms with Gasteiger partial charge in [-0.15, -0.1) is 0 Å². The van der Waals surface area contributed by atoms with Gasteiger partial charge in [-0.2, -0.15) is 0 Å². The lowest BCUT2D eigenvalue weighted by Gasteiger charge is -2.27. The van der Waals surface area contributed by atoms with Crippen molar-refractivity contribution in [1.82, 2.24) is 10.3 Å². The molecule has 2 atom stereocenters. The molecule has 2 aromatic rings. The number of hydrogen-bond acceptors (Lipinski definition) is 4. The SMILES string of the molecule is C[C@@H](OC(=O)c1ccncc1)C(=O)N[C@H]1CCCc2ccccc21. The third-order valence-corrected chi connectivity index (χ3v) is 4.25. The van der Waals surface area contributed by atoms with Crippen LogP contribution in [0.2, 0.25) is 0 Å². The number of nitrogens with zero attached hydrogens (tertiary/aromatic N) is 1. The van der Waals surface area contributed by atoms with Crippen LogP contribution in [-0.2, 0) is 16.0 Å². The summed E-state index contributed by atoms with van der Waals surface area (Å²) < 4.78 is 5.25. The van der Waals surface area contributed by atoms with Gasteiger partial charge in [0.15, 0.2) is 6.10 Å². The highest BCUT2D eigenvalue weighted by Crippen LogP contribution is 2.29. The Hall–Kier alpha value is -2.69. The predicted molar refractivity (Wildman–Crippen MR) is 89.4 cm³/mol. The fraction of sp³-hybridized carbons (Fsp3) is 0.316. The van der Waals surface area contributed by atoms with Crippen LogP contribution in [0.1, 0.15) is 47.3 Å². The summed E-state index contributed by atoms with van der Waals surface area (Å²) in [7, 11) is 0. The van der Waals surface area contributed by atoms with Crippen molar-refractivity contribution in [1.29, 1.82) is 0 Å². The summed E-state index contributed by atoms with van der Waals surface area (Å²) in [4.78, 5) is 28.3. The van der Waals surface area contributed by atoms with E-state index in [-0.39, 0.29) is 11.9 Å². The van der Waals surface area contributed by atoms with E-state index in [2.05, 4.69) is 16.4 Å². The number of esters is 1. The number of carbonyl (C=O) groups excluding carboxylic acids is 2. The van der Waals surface area contributed by atoms with Gasteiger partial charge in [-0.25, -0.2) is 4.79 Å². The Balaban J connectivity index is 1.62. The minimum Gasteiger partial charge on any atom is -0.449 e. The monoisotopic (exact) mass is 324 g/mol. The standard InChI is InChI=1S/C19H20N2O3/c1-13(24-19(23)15-9-11-20-12-10-15)18(22)21-17-8-4-6-14-5-2-3-7-16(14)17/h2-3,5,7,9-13,17H,4,6,8H2,1H3,(H,21,22)/t13-,17+/m1/s1. The van der Waals surface area contributed by atoms with Crippen molar-refractivity contribution >= 4 is 11.9 Å². The van der Waals surface area contributed by atoms with Crippen LogP contribution in [-0.4, -0.2) is 23.0 Å². The minimum atomic E-state index is -0.847. The van der Waals surface area contributed by atoms with Crippen LogP contribution in [0.5, 0.6) is 0 Å². The van der Waals surface area contributed by atoms with E-state index < -0.39 is 12.1 Å². The highest BCUT2D eigenvalue weighted by Gasteiger charge is 2.25. The number of hydrogen-bond donors (Lipinski definition) is 1. The number of ether oxygens (including phenoxy) is 1. The molecule has 0 saturated carbocycles. The zero-order valence-electron chi connectivity index (χ0n) is 13.6. The van der Waals surface area contributed by atoms with E-state index in [4.69, 9.17) is 4.74 Å². The van der Waals surface area contributed by atoms with Crippen molar-refractivity contribution in [3.63, 3.8) is 0 Å². The summed E-state index contributed by atoms with van der Waals surface area (Å²) in [6.07, 6.45) is 5.15. The first-order chi connectivity index (χ1) is 11.6. The van der Waals surface area contributed by atoms with Gasteiger partial charge in [0.05, 0.1) is 11.6 Å². The third kappa shape index (κ3) is 3.62. The Morgan fingerprint density at radius 2 is 1.96 bits per heavy atom. The second kappa shape index (κ2) is 7.25. The van der Waals surface area contributed by atoms with Crippen molar-refractivity contribution in [2.75, 3.05) is 0 Å². The molecule has 0 fully saturated rings. The number of pyridine rings is 1. The van der Waals surface area contributed by atoms with Gasteiger partial charge < -0.3 is 10.1 Å². The molecule has 1 aliphatic rings. The highest BCUT2D eigenvalue weighted by atomic mass is 16.5. The lowest BCUT2D eigenvalue weighted by molar-refractivity contribution is -0.130. The molecule has 1 amide bonds. The van der Waals surface area contributed by atoms with Crippen molar-refractivity contribution in [2.24, 2.45) is 0 Å². The molecule has 1 N–H and O–H groups in total. The summed E-state index contributed by atoms with van der Waals surface area (Å²) >= 11 is 0. The third-order valence-electron chi connectivity index (χ3n) is 4.25. The Bertz CT molecular complexity index is 730. The average Bonchev–Trinajstić information content (AvgIpc) is 2.62. The smallest absolute Gasteiger partial charge is 0.339 e. The van der Waals surface area contributed by atoms with Gasteiger partial charge in [0.2, 0.25) is 0 Å². The molecule has 5 heteroatoms. The molecule has 0 spiro atoms. The quantitative estimate of drug-likeness (QED) is 0.878. The van der Waals surface area contributed by atoms with Crippen LogP contribution in [0.4, 0.5) is 0 Å². The first-order valence-corrected chi connectivity index (χ1v) is 8.14. The summed E-state index contributed by atoms with van der Waals surface area (Å²) in [5.41, 5.74) is 2.81. The van der Waals surface area contributed by atoms with Gasteiger partial charge in [-0.1, -0.05) is 24.3 Å². The van der Waals surface area contributed by atoms with Gasteiger partial charge in [0.1, 0.15) is 0 Å². The second-order valence-corrected chi connectivity index (χ2v) is 5.94. The second-order valence-electron chi connectivity index (χ2n) is 5.94. The number of nitrogens with one attached hydrogen (secondary N) is 1. The summed E-state index contributed by atoms with van der Waals surface area (Å²) in [5.74, 6) is -0.803. The molecule has 1 aliphatic carbocycles. The maximum absolute atomic E-state index is 12.4. The Morgan fingerprint density at radius 3 is 2.75 bits per heavy atom. The predicted octanol–water partition coefficient (Wildman–Crippen LogP) is 2.82. The molecule has 1 aromatic carbocycles. The van der Waals surface area contributed by atoms with Crippen LogP contribution < -0.4 is 5.32 Å². The highest BCUT2D eigenvalue weighted by molar-refractivity contribution is 5.92. The number of rotatable bonds is 4. The van der Waals surface area contributed by atoms with E-state index in [1.807, 2.05) is 18.2 Å². The fourth-order valence-corrected chi connectivity index (χ4v) is 2.96. The van der Waals surface area contributed by atoms with Crippen LogP contribution in [0.25, 0.3) is 0 Å². The van der Waals surface area contributed by atoms with Crippen LogP contribution >= 0.6 is 0 Å². The van der Waals surface area contributed by atoms with E-state index >= 15 is 0 Å². The summed E-state index contributed by atoms with van der Waals surface area (Å²) in [6.45, 7) is 1.59. The van der Waals surface area contributed by atoms with Gasteiger partial charge >= 0.3 is 5.97 Å². The molecule has 1 aromatic heterocycles. The van der Waals surface area contributed by atoms with Crippen LogP contribution in [0, 0.1) is 0 Å². The lowest BCUT2D eigenvalue weighted by Crippen LogP contribution is -2.39. The number of carbonyl (C=O) groups is 2. The number of aromatic nitrogens is 1. The van der Waals surface area contributed by atoms with Gasteiger partial charge in [-0.05, 0) is 49.4 Å². The molecule has 124 valence electrons. The molecular formula is C19H20N2O3. The maximum Gasteiger partial charge on any atom is 0.339 e. The fourth-order valence-electron chi connectivity index (χ4n) is 2.96. The normalized spacial score (nSPS) is 17.5. The Labute approximate surface area is 141 Å². The van der Waals surface area contributed by atoms with Crippen molar-refractivity contribution in [3.05, 3.63) is 65.5 Å².